The van der Waals surface area contributed by atoms with Gasteiger partial charge in [-0.05, 0) is 23.5 Å². The quantitative estimate of drug-likeness (QED) is 0.754. The second-order valence-electron chi connectivity index (χ2n) is 8.09. The van der Waals surface area contributed by atoms with Gasteiger partial charge in [-0.3, -0.25) is 14.5 Å². The smallest absolute Gasteiger partial charge is 0.252 e. The fourth-order valence-corrected chi connectivity index (χ4v) is 4.87. The standard InChI is InChI=1S/C23H24F2N2O2/c24-23(25)10-18-14-27(13-16-6-2-1-3-7-16)21(20(18)11-23)12-26-22(29)19-9-5-4-8-17(19)15-28/h1-9,15,18,20-21H,10-14H2,(H,26,29)/t18-,20-,21+/m0/s1. The molecule has 152 valence electrons. The molecule has 0 spiro atoms. The van der Waals surface area contributed by atoms with Crippen molar-refractivity contribution in [3.8, 4) is 0 Å². The molecule has 6 heteroatoms. The van der Waals surface area contributed by atoms with Gasteiger partial charge in [-0.2, -0.15) is 0 Å². The first kappa shape index (κ1) is 19.7. The molecule has 0 aromatic heterocycles. The van der Waals surface area contributed by atoms with E-state index in [0.717, 1.165) is 5.56 Å². The van der Waals surface area contributed by atoms with Crippen molar-refractivity contribution < 1.29 is 18.4 Å². The van der Waals surface area contributed by atoms with Crippen LogP contribution in [0.15, 0.2) is 54.6 Å². The summed E-state index contributed by atoms with van der Waals surface area (Å²) in [4.78, 5) is 26.0. The third-order valence-corrected chi connectivity index (χ3v) is 6.17. The zero-order valence-electron chi connectivity index (χ0n) is 16.1. The van der Waals surface area contributed by atoms with Gasteiger partial charge in [0.2, 0.25) is 5.92 Å². The first-order valence-electron chi connectivity index (χ1n) is 9.95. The van der Waals surface area contributed by atoms with E-state index < -0.39 is 5.92 Å². The molecular weight excluding hydrogens is 374 g/mol. The van der Waals surface area contributed by atoms with Crippen LogP contribution in [0.25, 0.3) is 0 Å². The van der Waals surface area contributed by atoms with E-state index in [1.165, 1.54) is 0 Å². The van der Waals surface area contributed by atoms with Crippen LogP contribution >= 0.6 is 0 Å². The molecule has 0 bridgehead atoms. The van der Waals surface area contributed by atoms with E-state index in [1.807, 2.05) is 30.3 Å². The van der Waals surface area contributed by atoms with Crippen molar-refractivity contribution in [1.82, 2.24) is 10.2 Å². The minimum atomic E-state index is -2.62. The Kier molecular flexibility index (Phi) is 5.46. The van der Waals surface area contributed by atoms with Crippen molar-refractivity contribution in [2.24, 2.45) is 11.8 Å². The summed E-state index contributed by atoms with van der Waals surface area (Å²) < 4.78 is 28.0. The molecule has 1 saturated carbocycles. The normalized spacial score (nSPS) is 25.5. The highest BCUT2D eigenvalue weighted by molar-refractivity contribution is 6.01. The molecule has 3 atom stereocenters. The number of benzene rings is 2. The summed E-state index contributed by atoms with van der Waals surface area (Å²) in [6.07, 6.45) is 0.440. The number of hydrogen-bond acceptors (Lipinski definition) is 3. The second-order valence-corrected chi connectivity index (χ2v) is 8.09. The largest absolute Gasteiger partial charge is 0.350 e. The first-order valence-corrected chi connectivity index (χ1v) is 9.95. The SMILES string of the molecule is O=Cc1ccccc1C(=O)NC[C@@H]1[C@H]2CC(F)(F)C[C@H]2CN1Cc1ccccc1. The van der Waals surface area contributed by atoms with Gasteiger partial charge in [0.05, 0.1) is 0 Å². The summed E-state index contributed by atoms with van der Waals surface area (Å²) >= 11 is 0. The Labute approximate surface area is 168 Å². The van der Waals surface area contributed by atoms with Crippen molar-refractivity contribution in [2.75, 3.05) is 13.1 Å². The third kappa shape index (κ3) is 4.22. The molecule has 1 amide bonds. The number of carbonyl (C=O) groups is 2. The number of amides is 1. The lowest BCUT2D eigenvalue weighted by Gasteiger charge is -2.29. The molecule has 1 aliphatic carbocycles. The van der Waals surface area contributed by atoms with Crippen LogP contribution in [-0.2, 0) is 6.54 Å². The summed E-state index contributed by atoms with van der Waals surface area (Å²) in [6, 6.07) is 16.4. The van der Waals surface area contributed by atoms with Gasteiger partial charge in [-0.25, -0.2) is 8.78 Å². The Bertz CT molecular complexity index is 887. The van der Waals surface area contributed by atoms with Gasteiger partial charge in [0.15, 0.2) is 6.29 Å². The number of halogens is 2. The van der Waals surface area contributed by atoms with Gasteiger partial charge < -0.3 is 5.32 Å². The molecule has 1 aliphatic heterocycles. The van der Waals surface area contributed by atoms with Crippen LogP contribution < -0.4 is 5.32 Å². The Morgan fingerprint density at radius 3 is 2.59 bits per heavy atom. The zero-order valence-corrected chi connectivity index (χ0v) is 16.1. The van der Waals surface area contributed by atoms with Crippen molar-refractivity contribution >= 4 is 12.2 Å². The summed E-state index contributed by atoms with van der Waals surface area (Å²) in [5.41, 5.74) is 1.76. The summed E-state index contributed by atoms with van der Waals surface area (Å²) in [5.74, 6) is -3.17. The maximum Gasteiger partial charge on any atom is 0.252 e. The van der Waals surface area contributed by atoms with E-state index >= 15 is 0 Å². The van der Waals surface area contributed by atoms with Gasteiger partial charge in [0.25, 0.3) is 5.91 Å². The van der Waals surface area contributed by atoms with E-state index in [4.69, 9.17) is 0 Å². The molecule has 4 rings (SSSR count). The molecule has 1 heterocycles. The highest BCUT2D eigenvalue weighted by atomic mass is 19.3. The van der Waals surface area contributed by atoms with E-state index in [-0.39, 0.29) is 43.2 Å². The van der Waals surface area contributed by atoms with Crippen LogP contribution in [0.3, 0.4) is 0 Å². The van der Waals surface area contributed by atoms with Crippen molar-refractivity contribution in [2.45, 2.75) is 31.4 Å². The van der Waals surface area contributed by atoms with Crippen LogP contribution in [0.5, 0.6) is 0 Å². The van der Waals surface area contributed by atoms with E-state index in [1.54, 1.807) is 24.3 Å². The lowest BCUT2D eigenvalue weighted by atomic mass is 9.93. The monoisotopic (exact) mass is 398 g/mol. The number of alkyl halides is 2. The molecule has 0 unspecified atom stereocenters. The maximum atomic E-state index is 14.0. The Morgan fingerprint density at radius 1 is 1.10 bits per heavy atom. The number of likely N-dealkylation sites (tertiary alicyclic amines) is 1. The topological polar surface area (TPSA) is 49.4 Å². The van der Waals surface area contributed by atoms with Gasteiger partial charge in [-0.1, -0.05) is 48.5 Å². The summed E-state index contributed by atoms with van der Waals surface area (Å²) in [7, 11) is 0. The molecule has 0 radical (unpaired) electrons. The molecule has 1 saturated heterocycles. The van der Waals surface area contributed by atoms with Gasteiger partial charge in [0, 0.05) is 49.6 Å². The van der Waals surface area contributed by atoms with E-state index in [9.17, 15) is 18.4 Å². The Morgan fingerprint density at radius 2 is 1.83 bits per heavy atom. The third-order valence-electron chi connectivity index (χ3n) is 6.17. The molecule has 2 fully saturated rings. The minimum absolute atomic E-state index is 0.0575. The van der Waals surface area contributed by atoms with Crippen molar-refractivity contribution in [3.05, 3.63) is 71.3 Å². The molecule has 2 aromatic rings. The Balaban J connectivity index is 1.49. The van der Waals surface area contributed by atoms with Gasteiger partial charge >= 0.3 is 0 Å². The lowest BCUT2D eigenvalue weighted by molar-refractivity contribution is -0.00691. The molecular formula is C23H24F2N2O2. The van der Waals surface area contributed by atoms with Gasteiger partial charge in [-0.15, -0.1) is 0 Å². The molecule has 2 aromatic carbocycles. The number of hydrogen-bond donors (Lipinski definition) is 1. The fourth-order valence-electron chi connectivity index (χ4n) is 4.87. The van der Waals surface area contributed by atoms with Gasteiger partial charge in [0.1, 0.15) is 0 Å². The van der Waals surface area contributed by atoms with Crippen LogP contribution in [0.4, 0.5) is 8.78 Å². The number of nitrogens with zero attached hydrogens (tertiary/aromatic N) is 1. The predicted octanol–water partition coefficient (Wildman–Crippen LogP) is 3.77. The van der Waals surface area contributed by atoms with Crippen LogP contribution in [0, 0.1) is 11.8 Å². The molecule has 4 nitrogen and oxygen atoms in total. The average molecular weight is 398 g/mol. The predicted molar refractivity (Wildman–Crippen MR) is 106 cm³/mol. The maximum absolute atomic E-state index is 14.0. The van der Waals surface area contributed by atoms with E-state index in [2.05, 4.69) is 10.2 Å². The molecule has 2 aliphatic rings. The van der Waals surface area contributed by atoms with Crippen molar-refractivity contribution in [3.63, 3.8) is 0 Å². The summed E-state index contributed by atoms with van der Waals surface area (Å²) in [6.45, 7) is 1.57. The number of aldehydes is 1. The van der Waals surface area contributed by atoms with Crippen LogP contribution in [0.1, 0.15) is 39.1 Å². The molecule has 1 N–H and O–H groups in total. The number of fused-ring (bicyclic) bond motifs is 1. The zero-order chi connectivity index (χ0) is 20.4. The summed E-state index contributed by atoms with van der Waals surface area (Å²) in [5, 5.41) is 2.89. The average Bonchev–Trinajstić information content (AvgIpc) is 3.17. The highest BCUT2D eigenvalue weighted by Crippen LogP contribution is 2.49. The second kappa shape index (κ2) is 8.03. The minimum Gasteiger partial charge on any atom is -0.350 e. The highest BCUT2D eigenvalue weighted by Gasteiger charge is 2.54. The number of nitrogens with one attached hydrogen (secondary N) is 1. The number of rotatable bonds is 6. The van der Waals surface area contributed by atoms with E-state index in [0.29, 0.717) is 30.5 Å². The Hall–Kier alpha value is -2.60. The van der Waals surface area contributed by atoms with Crippen LogP contribution in [0.2, 0.25) is 0 Å². The fraction of sp³-hybridized carbons (Fsp3) is 0.391. The number of carbonyl (C=O) groups excluding carboxylic acids is 2. The van der Waals surface area contributed by atoms with Crippen LogP contribution in [-0.4, -0.2) is 42.1 Å². The molecule has 29 heavy (non-hydrogen) atoms. The van der Waals surface area contributed by atoms with Crippen molar-refractivity contribution in [1.29, 1.82) is 0 Å². The first-order chi connectivity index (χ1) is 14.0. The lowest BCUT2D eigenvalue weighted by Crippen LogP contribution is -2.43.